The Bertz CT molecular complexity index is 266. The predicted octanol–water partition coefficient (Wildman–Crippen LogP) is 2.23. The zero-order chi connectivity index (χ0) is 14.4. The summed E-state index contributed by atoms with van der Waals surface area (Å²) in [6.07, 6.45) is 6.92. The lowest BCUT2D eigenvalue weighted by Crippen LogP contribution is -2.51. The molecule has 4 heteroatoms. The van der Waals surface area contributed by atoms with Crippen LogP contribution < -0.4 is 0 Å². The number of hydrogen-bond donors (Lipinski definition) is 0. The third kappa shape index (κ3) is 5.21. The normalized spacial score (nSPS) is 26.6. The van der Waals surface area contributed by atoms with Gasteiger partial charge in [-0.1, -0.05) is 0 Å². The van der Waals surface area contributed by atoms with E-state index in [0.717, 1.165) is 12.1 Å². The van der Waals surface area contributed by atoms with E-state index in [1.165, 1.54) is 69.8 Å². The monoisotopic (exact) mass is 299 g/mol. The van der Waals surface area contributed by atoms with Gasteiger partial charge in [0, 0.05) is 18.6 Å². The molecular weight excluding hydrogens is 266 g/mol. The van der Waals surface area contributed by atoms with E-state index in [1.807, 2.05) is 0 Å². The molecule has 2 saturated heterocycles. The smallest absolute Gasteiger partial charge is 0.0220 e. The van der Waals surface area contributed by atoms with Crippen molar-refractivity contribution in [2.75, 3.05) is 58.8 Å². The molecule has 2 aliphatic heterocycles. The molecular formula is C16H33N3S. The molecule has 0 radical (unpaired) electrons. The lowest BCUT2D eigenvalue weighted by molar-refractivity contribution is 0.0792. The number of likely N-dealkylation sites (N-methyl/N-ethyl adjacent to an activating group) is 1. The van der Waals surface area contributed by atoms with Crippen molar-refractivity contribution in [2.24, 2.45) is 0 Å². The van der Waals surface area contributed by atoms with Crippen molar-refractivity contribution in [3.05, 3.63) is 0 Å². The summed E-state index contributed by atoms with van der Waals surface area (Å²) in [5, 5.41) is 0. The van der Waals surface area contributed by atoms with E-state index in [4.69, 9.17) is 0 Å². The first-order valence-electron chi connectivity index (χ1n) is 8.33. The molecule has 0 spiro atoms. The van der Waals surface area contributed by atoms with Crippen molar-refractivity contribution in [3.63, 3.8) is 0 Å². The van der Waals surface area contributed by atoms with Crippen LogP contribution in [0, 0.1) is 0 Å². The van der Waals surface area contributed by atoms with Crippen molar-refractivity contribution in [1.82, 2.24) is 14.7 Å². The van der Waals surface area contributed by atoms with Gasteiger partial charge in [0.2, 0.25) is 0 Å². The number of hydrogen-bond acceptors (Lipinski definition) is 4. The van der Waals surface area contributed by atoms with Gasteiger partial charge < -0.3 is 9.80 Å². The van der Waals surface area contributed by atoms with Gasteiger partial charge in [-0.15, -0.1) is 0 Å². The summed E-state index contributed by atoms with van der Waals surface area (Å²) in [6.45, 7) is 5.11. The molecule has 118 valence electrons. The molecule has 0 aromatic rings. The summed E-state index contributed by atoms with van der Waals surface area (Å²) in [5.41, 5.74) is 0. The van der Waals surface area contributed by atoms with Crippen molar-refractivity contribution < 1.29 is 0 Å². The molecule has 1 atom stereocenters. The second kappa shape index (κ2) is 8.62. The molecule has 20 heavy (non-hydrogen) atoms. The molecule has 0 saturated carbocycles. The van der Waals surface area contributed by atoms with Gasteiger partial charge in [-0.05, 0) is 84.4 Å². The van der Waals surface area contributed by atoms with Crippen LogP contribution in [0.2, 0.25) is 0 Å². The van der Waals surface area contributed by atoms with Gasteiger partial charge in [0.15, 0.2) is 0 Å². The van der Waals surface area contributed by atoms with E-state index in [9.17, 15) is 0 Å². The standard InChI is InChI=1S/C16H33N3S/c1-17(2)9-5-10-18(3)16-6-4-11-19(14-16)15-7-12-20-13-8-15/h15-16H,4-14H2,1-3H3. The van der Waals surface area contributed by atoms with Crippen molar-refractivity contribution >= 4 is 11.8 Å². The van der Waals surface area contributed by atoms with Crippen molar-refractivity contribution in [2.45, 2.75) is 44.2 Å². The molecule has 0 aromatic heterocycles. The topological polar surface area (TPSA) is 9.72 Å². The Morgan fingerprint density at radius 1 is 1.05 bits per heavy atom. The molecule has 0 aromatic carbocycles. The predicted molar refractivity (Wildman–Crippen MR) is 90.7 cm³/mol. The quantitative estimate of drug-likeness (QED) is 0.744. The van der Waals surface area contributed by atoms with Crippen molar-refractivity contribution in [1.29, 1.82) is 0 Å². The summed E-state index contributed by atoms with van der Waals surface area (Å²) < 4.78 is 0. The van der Waals surface area contributed by atoms with E-state index in [1.54, 1.807) is 0 Å². The summed E-state index contributed by atoms with van der Waals surface area (Å²) >= 11 is 2.14. The van der Waals surface area contributed by atoms with Crippen LogP contribution in [0.3, 0.4) is 0 Å². The first-order chi connectivity index (χ1) is 9.66. The third-order valence-electron chi connectivity index (χ3n) is 4.87. The molecule has 2 heterocycles. The summed E-state index contributed by atoms with van der Waals surface area (Å²) in [4.78, 5) is 7.71. The molecule has 2 rings (SSSR count). The minimum atomic E-state index is 0.792. The van der Waals surface area contributed by atoms with Gasteiger partial charge in [0.25, 0.3) is 0 Å². The van der Waals surface area contributed by atoms with E-state index < -0.39 is 0 Å². The van der Waals surface area contributed by atoms with Crippen LogP contribution in [-0.2, 0) is 0 Å². The lowest BCUT2D eigenvalue weighted by atomic mass is 10.00. The van der Waals surface area contributed by atoms with Crippen LogP contribution in [0.25, 0.3) is 0 Å². The summed E-state index contributed by atoms with van der Waals surface area (Å²) in [6, 6.07) is 1.68. The van der Waals surface area contributed by atoms with Crippen LogP contribution in [0.5, 0.6) is 0 Å². The minimum Gasteiger partial charge on any atom is -0.309 e. The highest BCUT2D eigenvalue weighted by molar-refractivity contribution is 7.99. The number of thioether (sulfide) groups is 1. The van der Waals surface area contributed by atoms with Crippen LogP contribution in [-0.4, -0.2) is 85.6 Å². The Balaban J connectivity index is 1.74. The second-order valence-electron chi connectivity index (χ2n) is 6.77. The van der Waals surface area contributed by atoms with E-state index in [-0.39, 0.29) is 0 Å². The van der Waals surface area contributed by atoms with Crippen LogP contribution in [0.15, 0.2) is 0 Å². The van der Waals surface area contributed by atoms with Gasteiger partial charge in [-0.25, -0.2) is 0 Å². The largest absolute Gasteiger partial charge is 0.309 e. The molecule has 0 bridgehead atoms. The van der Waals surface area contributed by atoms with Crippen LogP contribution in [0.4, 0.5) is 0 Å². The molecule has 3 nitrogen and oxygen atoms in total. The van der Waals surface area contributed by atoms with Crippen molar-refractivity contribution in [3.8, 4) is 0 Å². The number of rotatable bonds is 6. The highest BCUT2D eigenvalue weighted by Crippen LogP contribution is 2.25. The van der Waals surface area contributed by atoms with Gasteiger partial charge in [-0.3, -0.25) is 4.90 Å². The Kier molecular flexibility index (Phi) is 7.15. The average molecular weight is 300 g/mol. The Morgan fingerprint density at radius 2 is 1.80 bits per heavy atom. The molecule has 1 unspecified atom stereocenters. The zero-order valence-electron chi connectivity index (χ0n) is 13.7. The van der Waals surface area contributed by atoms with E-state index >= 15 is 0 Å². The lowest BCUT2D eigenvalue weighted by Gasteiger charge is -2.42. The summed E-state index contributed by atoms with van der Waals surface area (Å²) in [7, 11) is 6.67. The van der Waals surface area contributed by atoms with Gasteiger partial charge in [-0.2, -0.15) is 11.8 Å². The van der Waals surface area contributed by atoms with Gasteiger partial charge >= 0.3 is 0 Å². The molecule has 2 fully saturated rings. The Morgan fingerprint density at radius 3 is 2.50 bits per heavy atom. The SMILES string of the molecule is CN(C)CCCN(C)C1CCCN(C2CCSCC2)C1. The highest BCUT2D eigenvalue weighted by Gasteiger charge is 2.28. The zero-order valence-corrected chi connectivity index (χ0v) is 14.5. The third-order valence-corrected chi connectivity index (χ3v) is 5.92. The highest BCUT2D eigenvalue weighted by atomic mass is 32.2. The van der Waals surface area contributed by atoms with E-state index in [0.29, 0.717) is 0 Å². The fraction of sp³-hybridized carbons (Fsp3) is 1.00. The first-order valence-corrected chi connectivity index (χ1v) is 9.49. The van der Waals surface area contributed by atoms with E-state index in [2.05, 4.69) is 47.6 Å². The maximum absolute atomic E-state index is 2.80. The Hall–Kier alpha value is 0.230. The Labute approximate surface area is 130 Å². The maximum atomic E-state index is 2.80. The summed E-state index contributed by atoms with van der Waals surface area (Å²) in [5.74, 6) is 2.76. The molecule has 0 amide bonds. The molecule has 0 aliphatic carbocycles. The minimum absolute atomic E-state index is 0.792. The van der Waals surface area contributed by atoms with Gasteiger partial charge in [0.1, 0.15) is 0 Å². The average Bonchev–Trinajstić information content (AvgIpc) is 2.48. The van der Waals surface area contributed by atoms with Gasteiger partial charge in [0.05, 0.1) is 0 Å². The fourth-order valence-electron chi connectivity index (χ4n) is 3.54. The number of piperidine rings is 1. The molecule has 0 N–H and O–H groups in total. The van der Waals surface area contributed by atoms with Crippen LogP contribution >= 0.6 is 11.8 Å². The maximum Gasteiger partial charge on any atom is 0.0220 e. The first kappa shape index (κ1) is 16.6. The number of nitrogens with zero attached hydrogens (tertiary/aromatic N) is 3. The second-order valence-corrected chi connectivity index (χ2v) is 8.00. The molecule has 2 aliphatic rings. The number of likely N-dealkylation sites (tertiary alicyclic amines) is 1. The fourth-order valence-corrected chi connectivity index (χ4v) is 4.63. The van der Waals surface area contributed by atoms with Crippen LogP contribution in [0.1, 0.15) is 32.1 Å².